The fourth-order valence-electron chi connectivity index (χ4n) is 5.58. The summed E-state index contributed by atoms with van der Waals surface area (Å²) in [5.74, 6) is 2.73. The number of aromatic hydroxyl groups is 1. The molecule has 1 saturated carbocycles. The van der Waals surface area contributed by atoms with E-state index in [-0.39, 0.29) is 6.10 Å². The second-order valence-corrected chi connectivity index (χ2v) is 10.2. The standard InChI is InChI=1S/C27H36O2/c1-18(9-8-12-20-10-6-5-7-11-20)21-15-24(28)26-23-17-27(3,4)14-13-22(23)19(2)29-25(26)16-21/h5-7,10-11,15-16,18-19,22-23,28H,8-9,12-14,17H2,1-4H3. The van der Waals surface area contributed by atoms with E-state index in [1.165, 1.54) is 24.0 Å². The van der Waals surface area contributed by atoms with Gasteiger partial charge < -0.3 is 9.84 Å². The average Bonchev–Trinajstić information content (AvgIpc) is 2.67. The largest absolute Gasteiger partial charge is 0.508 e. The van der Waals surface area contributed by atoms with Crippen LogP contribution < -0.4 is 4.74 Å². The van der Waals surface area contributed by atoms with Crippen molar-refractivity contribution >= 4 is 0 Å². The van der Waals surface area contributed by atoms with E-state index in [1.807, 2.05) is 6.07 Å². The van der Waals surface area contributed by atoms with Crippen molar-refractivity contribution in [3.05, 3.63) is 59.2 Å². The Morgan fingerprint density at radius 3 is 2.69 bits per heavy atom. The fourth-order valence-corrected chi connectivity index (χ4v) is 5.58. The van der Waals surface area contributed by atoms with Gasteiger partial charge in [0.1, 0.15) is 11.5 Å². The Kier molecular flexibility index (Phi) is 5.64. The van der Waals surface area contributed by atoms with Crippen LogP contribution in [0.15, 0.2) is 42.5 Å². The number of rotatable bonds is 5. The zero-order valence-corrected chi connectivity index (χ0v) is 18.4. The van der Waals surface area contributed by atoms with Crippen LogP contribution in [0.1, 0.15) is 88.3 Å². The molecule has 2 aromatic rings. The number of hydrogen-bond donors (Lipinski definition) is 1. The molecule has 2 nitrogen and oxygen atoms in total. The molecular weight excluding hydrogens is 356 g/mol. The normalized spacial score (nSPS) is 26.1. The van der Waals surface area contributed by atoms with E-state index in [0.717, 1.165) is 37.0 Å². The Hall–Kier alpha value is -1.96. The highest BCUT2D eigenvalue weighted by molar-refractivity contribution is 5.52. The number of benzene rings is 2. The van der Waals surface area contributed by atoms with Gasteiger partial charge in [0.15, 0.2) is 0 Å². The third-order valence-corrected chi connectivity index (χ3v) is 7.39. The maximum atomic E-state index is 11.0. The molecule has 0 aromatic heterocycles. The average molecular weight is 393 g/mol. The van der Waals surface area contributed by atoms with Crippen LogP contribution in [0.2, 0.25) is 0 Å². The smallest absolute Gasteiger partial charge is 0.127 e. The lowest BCUT2D eigenvalue weighted by Crippen LogP contribution is -2.40. The summed E-state index contributed by atoms with van der Waals surface area (Å²) in [4.78, 5) is 0. The van der Waals surface area contributed by atoms with Crippen molar-refractivity contribution in [3.8, 4) is 11.5 Å². The zero-order chi connectivity index (χ0) is 20.6. The fraction of sp³-hybridized carbons (Fsp3) is 0.556. The Bertz CT molecular complexity index is 839. The summed E-state index contributed by atoms with van der Waals surface area (Å²) in [7, 11) is 0. The summed E-state index contributed by atoms with van der Waals surface area (Å²) in [5, 5.41) is 11.0. The van der Waals surface area contributed by atoms with Gasteiger partial charge in [-0.3, -0.25) is 0 Å². The van der Waals surface area contributed by atoms with Crippen LogP contribution in [0, 0.1) is 11.3 Å². The van der Waals surface area contributed by atoms with Gasteiger partial charge in [0.05, 0.1) is 6.10 Å². The molecule has 0 radical (unpaired) electrons. The lowest BCUT2D eigenvalue weighted by atomic mass is 9.62. The molecule has 1 heterocycles. The molecule has 4 atom stereocenters. The SMILES string of the molecule is CC(CCCc1ccccc1)c1cc(O)c2c(c1)OC(C)C1CCC(C)(C)CC21. The van der Waals surface area contributed by atoms with Crippen LogP contribution in [0.5, 0.6) is 11.5 Å². The second kappa shape index (κ2) is 8.05. The third kappa shape index (κ3) is 4.32. The molecule has 156 valence electrons. The van der Waals surface area contributed by atoms with Crippen LogP contribution in [0.4, 0.5) is 0 Å². The Labute approximate surface area is 176 Å². The van der Waals surface area contributed by atoms with E-state index in [4.69, 9.17) is 4.74 Å². The van der Waals surface area contributed by atoms with Gasteiger partial charge in [-0.05, 0) is 86.0 Å². The summed E-state index contributed by atoms with van der Waals surface area (Å²) in [6.07, 6.45) is 7.17. The molecule has 1 aliphatic carbocycles. The molecular formula is C27H36O2. The minimum Gasteiger partial charge on any atom is -0.508 e. The predicted molar refractivity (Wildman–Crippen MR) is 120 cm³/mol. The molecule has 2 aliphatic rings. The maximum Gasteiger partial charge on any atom is 0.127 e. The van der Waals surface area contributed by atoms with Crippen molar-refractivity contribution in [3.63, 3.8) is 0 Å². The Balaban J connectivity index is 1.51. The summed E-state index contributed by atoms with van der Waals surface area (Å²) in [5.41, 5.74) is 4.01. The van der Waals surface area contributed by atoms with Gasteiger partial charge in [0, 0.05) is 11.5 Å². The van der Waals surface area contributed by atoms with E-state index in [0.29, 0.717) is 28.9 Å². The number of phenolic OH excluding ortho intramolecular Hbond substituents is 1. The molecule has 4 unspecified atom stereocenters. The predicted octanol–water partition coefficient (Wildman–Crippen LogP) is 7.21. The highest BCUT2D eigenvalue weighted by Gasteiger charge is 2.44. The first-order valence-electron chi connectivity index (χ1n) is 11.4. The van der Waals surface area contributed by atoms with Gasteiger partial charge >= 0.3 is 0 Å². The van der Waals surface area contributed by atoms with E-state index < -0.39 is 0 Å². The third-order valence-electron chi connectivity index (χ3n) is 7.39. The van der Waals surface area contributed by atoms with Gasteiger partial charge in [0.2, 0.25) is 0 Å². The van der Waals surface area contributed by atoms with Crippen molar-refractivity contribution in [1.82, 2.24) is 0 Å². The van der Waals surface area contributed by atoms with Crippen LogP contribution in [0.3, 0.4) is 0 Å². The summed E-state index contributed by atoms with van der Waals surface area (Å²) < 4.78 is 6.35. The molecule has 4 rings (SSSR count). The quantitative estimate of drug-likeness (QED) is 0.582. The van der Waals surface area contributed by atoms with E-state index >= 15 is 0 Å². The second-order valence-electron chi connectivity index (χ2n) is 10.2. The first-order chi connectivity index (χ1) is 13.8. The summed E-state index contributed by atoms with van der Waals surface area (Å²) in [6, 6.07) is 14.9. The molecule has 2 aromatic carbocycles. The Morgan fingerprint density at radius 1 is 1.17 bits per heavy atom. The van der Waals surface area contributed by atoms with Crippen LogP contribution in [-0.4, -0.2) is 11.2 Å². The number of ether oxygens (including phenoxy) is 1. The minimum atomic E-state index is 0.228. The maximum absolute atomic E-state index is 11.0. The highest BCUT2D eigenvalue weighted by Crippen LogP contribution is 2.55. The van der Waals surface area contributed by atoms with E-state index in [2.05, 4.69) is 64.1 Å². The number of fused-ring (bicyclic) bond motifs is 3. The van der Waals surface area contributed by atoms with Crippen LogP contribution >= 0.6 is 0 Å². The van der Waals surface area contributed by atoms with Crippen molar-refractivity contribution in [1.29, 1.82) is 0 Å². The molecule has 0 spiro atoms. The van der Waals surface area contributed by atoms with Gasteiger partial charge in [-0.25, -0.2) is 0 Å². The Morgan fingerprint density at radius 2 is 1.93 bits per heavy atom. The lowest BCUT2D eigenvalue weighted by Gasteiger charge is -2.47. The van der Waals surface area contributed by atoms with Gasteiger partial charge in [0.25, 0.3) is 0 Å². The number of hydrogen-bond acceptors (Lipinski definition) is 2. The lowest BCUT2D eigenvalue weighted by molar-refractivity contribution is 0.0442. The molecule has 29 heavy (non-hydrogen) atoms. The van der Waals surface area contributed by atoms with Crippen molar-refractivity contribution in [2.24, 2.45) is 11.3 Å². The molecule has 1 N–H and O–H groups in total. The highest BCUT2D eigenvalue weighted by atomic mass is 16.5. The first kappa shape index (κ1) is 20.3. The minimum absolute atomic E-state index is 0.228. The molecule has 1 fully saturated rings. The molecule has 0 bridgehead atoms. The number of aryl methyl sites for hydroxylation is 1. The van der Waals surface area contributed by atoms with E-state index in [9.17, 15) is 5.11 Å². The number of phenols is 1. The monoisotopic (exact) mass is 392 g/mol. The molecule has 0 amide bonds. The van der Waals surface area contributed by atoms with Crippen molar-refractivity contribution in [2.75, 3.05) is 0 Å². The topological polar surface area (TPSA) is 29.5 Å². The van der Waals surface area contributed by atoms with Gasteiger partial charge in [-0.1, -0.05) is 51.1 Å². The van der Waals surface area contributed by atoms with E-state index in [1.54, 1.807) is 0 Å². The summed E-state index contributed by atoms with van der Waals surface area (Å²) >= 11 is 0. The van der Waals surface area contributed by atoms with Gasteiger partial charge in [-0.2, -0.15) is 0 Å². The van der Waals surface area contributed by atoms with Crippen LogP contribution in [0.25, 0.3) is 0 Å². The summed E-state index contributed by atoms with van der Waals surface area (Å²) in [6.45, 7) is 9.21. The van der Waals surface area contributed by atoms with Gasteiger partial charge in [-0.15, -0.1) is 0 Å². The van der Waals surface area contributed by atoms with Crippen molar-refractivity contribution in [2.45, 2.75) is 84.2 Å². The van der Waals surface area contributed by atoms with Crippen molar-refractivity contribution < 1.29 is 9.84 Å². The van der Waals surface area contributed by atoms with Crippen LogP contribution in [-0.2, 0) is 6.42 Å². The molecule has 0 saturated heterocycles. The molecule has 2 heteroatoms. The first-order valence-corrected chi connectivity index (χ1v) is 11.4. The zero-order valence-electron chi connectivity index (χ0n) is 18.4. The molecule has 1 aliphatic heterocycles.